The molecule has 0 radical (unpaired) electrons. The highest BCUT2D eigenvalue weighted by Crippen LogP contribution is 2.35. The van der Waals surface area contributed by atoms with Crippen LogP contribution in [0.3, 0.4) is 0 Å². The lowest BCUT2D eigenvalue weighted by molar-refractivity contribution is -0.130. The summed E-state index contributed by atoms with van der Waals surface area (Å²) in [5.41, 5.74) is 4.29. The second-order valence-corrected chi connectivity index (χ2v) is 12.1. The van der Waals surface area contributed by atoms with E-state index < -0.39 is 0 Å². The van der Waals surface area contributed by atoms with Crippen molar-refractivity contribution in [2.75, 3.05) is 12.9 Å². The Morgan fingerprint density at radius 2 is 1.82 bits per heavy atom. The normalized spacial score (nSPS) is 14.4. The zero-order valence-corrected chi connectivity index (χ0v) is 25.8. The molecule has 0 saturated heterocycles. The summed E-state index contributed by atoms with van der Waals surface area (Å²) < 4.78 is 7.21. The number of ether oxygens (including phenoxy) is 1. The molecule has 2 aromatic heterocycles. The number of hydrogen-bond donors (Lipinski definition) is 1. The zero-order valence-electron chi connectivity index (χ0n) is 24.2. The molecule has 11 heteroatoms. The third-order valence-electron chi connectivity index (χ3n) is 7.20. The standard InChI is InChI=1S/C33H30N6O3S2/c1-22-8-6-9-24(18-22)32(41)34-20-30-35-36-33(38(30)25-10-4-3-5-11-25)44-21-31(40)39-28(23-13-15-26(42-2)16-14-23)19-27(37-39)29-12-7-17-43-29/h3-18,28H,19-21H2,1-2H3,(H,34,41)/t28-/m1/s1. The highest BCUT2D eigenvalue weighted by Gasteiger charge is 2.33. The Balaban J connectivity index is 1.22. The minimum Gasteiger partial charge on any atom is -0.497 e. The number of para-hydroxylation sites is 1. The van der Waals surface area contributed by atoms with Crippen molar-refractivity contribution >= 4 is 40.6 Å². The van der Waals surface area contributed by atoms with Crippen LogP contribution in [0.2, 0.25) is 0 Å². The van der Waals surface area contributed by atoms with E-state index in [0.717, 1.165) is 33.2 Å². The molecule has 1 aliphatic heterocycles. The SMILES string of the molecule is COc1ccc([C@H]2CC(c3cccs3)=NN2C(=O)CSc2nnc(CNC(=O)c3cccc(C)c3)n2-c2ccccc2)cc1. The van der Waals surface area contributed by atoms with Crippen LogP contribution in [0.15, 0.2) is 107 Å². The number of benzene rings is 3. The molecule has 0 spiro atoms. The van der Waals surface area contributed by atoms with E-state index in [1.54, 1.807) is 29.5 Å². The Morgan fingerprint density at radius 1 is 1.00 bits per heavy atom. The Bertz CT molecular complexity index is 1790. The molecule has 1 aliphatic rings. The van der Waals surface area contributed by atoms with Crippen LogP contribution >= 0.6 is 23.1 Å². The molecule has 0 aliphatic carbocycles. The van der Waals surface area contributed by atoms with Crippen LogP contribution in [0, 0.1) is 6.92 Å². The maximum Gasteiger partial charge on any atom is 0.253 e. The molecule has 3 aromatic carbocycles. The number of thioether (sulfide) groups is 1. The van der Waals surface area contributed by atoms with Crippen molar-refractivity contribution in [2.45, 2.75) is 31.1 Å². The molecular weight excluding hydrogens is 593 g/mol. The lowest BCUT2D eigenvalue weighted by atomic mass is 10.0. The van der Waals surface area contributed by atoms with Crippen molar-refractivity contribution in [3.63, 3.8) is 0 Å². The van der Waals surface area contributed by atoms with Gasteiger partial charge in [0, 0.05) is 17.7 Å². The van der Waals surface area contributed by atoms with Crippen molar-refractivity contribution < 1.29 is 14.3 Å². The number of methoxy groups -OCH3 is 1. The largest absolute Gasteiger partial charge is 0.497 e. The van der Waals surface area contributed by atoms with Gasteiger partial charge in [0.05, 0.1) is 36.0 Å². The second-order valence-electron chi connectivity index (χ2n) is 10.2. The van der Waals surface area contributed by atoms with Gasteiger partial charge in [0.25, 0.3) is 11.8 Å². The van der Waals surface area contributed by atoms with Gasteiger partial charge >= 0.3 is 0 Å². The van der Waals surface area contributed by atoms with Gasteiger partial charge in [-0.2, -0.15) is 5.10 Å². The van der Waals surface area contributed by atoms with Gasteiger partial charge in [0.1, 0.15) is 5.75 Å². The van der Waals surface area contributed by atoms with E-state index in [1.807, 2.05) is 102 Å². The van der Waals surface area contributed by atoms with Crippen LogP contribution in [0.4, 0.5) is 0 Å². The van der Waals surface area contributed by atoms with E-state index in [0.29, 0.717) is 23.0 Å². The molecule has 1 N–H and O–H groups in total. The van der Waals surface area contributed by atoms with Gasteiger partial charge in [-0.1, -0.05) is 65.9 Å². The first-order chi connectivity index (χ1) is 21.5. The van der Waals surface area contributed by atoms with Crippen LogP contribution in [0.25, 0.3) is 5.69 Å². The molecule has 0 bridgehead atoms. The van der Waals surface area contributed by atoms with Gasteiger partial charge < -0.3 is 10.1 Å². The van der Waals surface area contributed by atoms with Crippen LogP contribution in [-0.2, 0) is 11.3 Å². The van der Waals surface area contributed by atoms with Crippen LogP contribution in [-0.4, -0.2) is 50.2 Å². The van der Waals surface area contributed by atoms with Crippen molar-refractivity contribution in [2.24, 2.45) is 5.10 Å². The number of aromatic nitrogens is 3. The third kappa shape index (κ3) is 6.43. The molecule has 222 valence electrons. The minimum atomic E-state index is -0.231. The number of carbonyl (C=O) groups excluding carboxylic acids is 2. The number of rotatable bonds is 10. The molecule has 0 saturated carbocycles. The van der Waals surface area contributed by atoms with Crippen molar-refractivity contribution in [3.8, 4) is 11.4 Å². The molecule has 0 fully saturated rings. The van der Waals surface area contributed by atoms with Crippen molar-refractivity contribution in [3.05, 3.63) is 124 Å². The van der Waals surface area contributed by atoms with E-state index in [-0.39, 0.29) is 30.2 Å². The fourth-order valence-electron chi connectivity index (χ4n) is 5.00. The monoisotopic (exact) mass is 622 g/mol. The van der Waals surface area contributed by atoms with Crippen LogP contribution < -0.4 is 10.1 Å². The predicted molar refractivity (Wildman–Crippen MR) is 172 cm³/mol. The molecule has 6 rings (SSSR count). The van der Waals surface area contributed by atoms with E-state index in [1.165, 1.54) is 11.8 Å². The summed E-state index contributed by atoms with van der Waals surface area (Å²) in [7, 11) is 1.63. The molecule has 44 heavy (non-hydrogen) atoms. The number of nitrogens with zero attached hydrogens (tertiary/aromatic N) is 5. The predicted octanol–water partition coefficient (Wildman–Crippen LogP) is 6.05. The van der Waals surface area contributed by atoms with Gasteiger partial charge in [-0.15, -0.1) is 21.5 Å². The average Bonchev–Trinajstić information content (AvgIpc) is 3.83. The van der Waals surface area contributed by atoms with Gasteiger partial charge in [-0.25, -0.2) is 5.01 Å². The van der Waals surface area contributed by atoms with Crippen LogP contribution in [0.5, 0.6) is 5.75 Å². The zero-order chi connectivity index (χ0) is 30.5. The van der Waals surface area contributed by atoms with E-state index >= 15 is 0 Å². The Morgan fingerprint density at radius 3 is 2.55 bits per heavy atom. The number of carbonyl (C=O) groups is 2. The minimum absolute atomic E-state index is 0.106. The quantitative estimate of drug-likeness (QED) is 0.191. The van der Waals surface area contributed by atoms with Crippen molar-refractivity contribution in [1.82, 2.24) is 25.1 Å². The smallest absolute Gasteiger partial charge is 0.253 e. The van der Waals surface area contributed by atoms with Gasteiger partial charge in [0.2, 0.25) is 0 Å². The summed E-state index contributed by atoms with van der Waals surface area (Å²) in [6, 6.07) is 28.6. The van der Waals surface area contributed by atoms with Crippen LogP contribution in [0.1, 0.15) is 44.6 Å². The third-order valence-corrected chi connectivity index (χ3v) is 9.03. The maximum atomic E-state index is 13.8. The van der Waals surface area contributed by atoms with E-state index in [4.69, 9.17) is 9.84 Å². The number of aryl methyl sites for hydroxylation is 1. The van der Waals surface area contributed by atoms with Gasteiger partial charge in [0.15, 0.2) is 11.0 Å². The fourth-order valence-corrected chi connectivity index (χ4v) is 6.55. The summed E-state index contributed by atoms with van der Waals surface area (Å²) >= 11 is 2.90. The highest BCUT2D eigenvalue weighted by atomic mass is 32.2. The van der Waals surface area contributed by atoms with Gasteiger partial charge in [-0.3, -0.25) is 14.2 Å². The molecule has 5 aromatic rings. The summed E-state index contributed by atoms with van der Waals surface area (Å²) in [6.45, 7) is 2.12. The molecular formula is C33H30N6O3S2. The Hall–Kier alpha value is -4.74. The molecule has 2 amide bonds. The first-order valence-electron chi connectivity index (χ1n) is 14.0. The topological polar surface area (TPSA) is 102 Å². The summed E-state index contributed by atoms with van der Waals surface area (Å²) in [4.78, 5) is 27.6. The summed E-state index contributed by atoms with van der Waals surface area (Å²) in [6.07, 6.45) is 0.619. The lowest BCUT2D eigenvalue weighted by Gasteiger charge is -2.22. The first-order valence-corrected chi connectivity index (χ1v) is 15.9. The average molecular weight is 623 g/mol. The lowest BCUT2D eigenvalue weighted by Crippen LogP contribution is -2.28. The van der Waals surface area contributed by atoms with Crippen molar-refractivity contribution in [1.29, 1.82) is 0 Å². The molecule has 3 heterocycles. The van der Waals surface area contributed by atoms with E-state index in [9.17, 15) is 9.59 Å². The fraction of sp³-hybridized carbons (Fsp3) is 0.182. The number of amides is 2. The molecule has 0 unspecified atom stereocenters. The number of thiophene rings is 1. The summed E-state index contributed by atoms with van der Waals surface area (Å²) in [5, 5.41) is 20.7. The van der Waals surface area contributed by atoms with Gasteiger partial charge in [-0.05, 0) is 60.3 Å². The Kier molecular flexibility index (Phi) is 8.85. The van der Waals surface area contributed by atoms with E-state index in [2.05, 4.69) is 15.5 Å². The number of nitrogens with one attached hydrogen (secondary N) is 1. The molecule has 1 atom stereocenters. The maximum absolute atomic E-state index is 13.8. The molecule has 9 nitrogen and oxygen atoms in total. The Labute approximate surface area is 263 Å². The number of hydrogen-bond acceptors (Lipinski definition) is 8. The first kappa shape index (κ1) is 29.3. The summed E-state index contributed by atoms with van der Waals surface area (Å²) in [5.74, 6) is 1.08. The number of hydrazone groups is 1. The highest BCUT2D eigenvalue weighted by molar-refractivity contribution is 7.99. The second kappa shape index (κ2) is 13.3.